The van der Waals surface area contributed by atoms with Crippen LogP contribution in [0.25, 0.3) is 5.69 Å². The zero-order valence-corrected chi connectivity index (χ0v) is 13.4. The Labute approximate surface area is 144 Å². The first kappa shape index (κ1) is 17.4. The maximum atomic E-state index is 13.0. The van der Waals surface area contributed by atoms with Gasteiger partial charge in [0, 0.05) is 25.5 Å². The Balaban J connectivity index is 2.02. The van der Waals surface area contributed by atoms with E-state index < -0.39 is 23.2 Å². The smallest absolute Gasteiger partial charge is 0.319 e. The Hall–Kier alpha value is -3.43. The molecule has 0 aliphatic carbocycles. The fraction of sp³-hybridized carbons (Fsp3) is 0.125. The number of hydrogen-bond donors (Lipinski definition) is 1. The first-order chi connectivity index (χ1) is 12.3. The third-order valence-corrected chi connectivity index (χ3v) is 3.52. The number of alkyl halides is 3. The van der Waals surface area contributed by atoms with Gasteiger partial charge >= 0.3 is 6.18 Å². The molecule has 1 amide bonds. The number of aryl methyl sites for hydroxylation is 1. The molecule has 0 bridgehead atoms. The van der Waals surface area contributed by atoms with Crippen LogP contribution in [0, 0.1) is 0 Å². The number of carbonyl (C=O) groups excluding carboxylic acids is 1. The van der Waals surface area contributed by atoms with Gasteiger partial charge in [-0.15, -0.1) is 0 Å². The molecule has 0 saturated carbocycles. The van der Waals surface area contributed by atoms with Gasteiger partial charge in [0.1, 0.15) is 5.69 Å². The van der Waals surface area contributed by atoms with Crippen molar-refractivity contribution in [3.05, 3.63) is 70.4 Å². The number of amides is 1. The highest BCUT2D eigenvalue weighted by atomic mass is 19.4. The van der Waals surface area contributed by atoms with Crippen molar-refractivity contribution in [2.75, 3.05) is 5.32 Å². The second kappa shape index (κ2) is 6.47. The van der Waals surface area contributed by atoms with Gasteiger partial charge in [-0.05, 0) is 30.3 Å². The topological polar surface area (TPSA) is 81.8 Å². The fourth-order valence-corrected chi connectivity index (χ4v) is 2.23. The van der Waals surface area contributed by atoms with Gasteiger partial charge in [0.05, 0.1) is 16.9 Å². The van der Waals surface area contributed by atoms with Gasteiger partial charge < -0.3 is 5.32 Å². The third-order valence-electron chi connectivity index (χ3n) is 3.52. The number of aromatic nitrogens is 4. The highest BCUT2D eigenvalue weighted by Gasteiger charge is 2.31. The van der Waals surface area contributed by atoms with Crippen molar-refractivity contribution in [2.24, 2.45) is 7.05 Å². The molecule has 0 atom stereocenters. The van der Waals surface area contributed by atoms with Gasteiger partial charge in [-0.3, -0.25) is 9.59 Å². The lowest BCUT2D eigenvalue weighted by Crippen LogP contribution is -2.24. The molecular weight excluding hydrogens is 351 g/mol. The average molecular weight is 363 g/mol. The average Bonchev–Trinajstić information content (AvgIpc) is 3.10. The van der Waals surface area contributed by atoms with E-state index in [4.69, 9.17) is 0 Å². The fourth-order valence-electron chi connectivity index (χ4n) is 2.23. The van der Waals surface area contributed by atoms with Crippen LogP contribution in [-0.2, 0) is 13.2 Å². The minimum absolute atomic E-state index is 0.0934. The molecule has 1 aromatic carbocycles. The van der Waals surface area contributed by atoms with Crippen molar-refractivity contribution in [3.63, 3.8) is 0 Å². The van der Waals surface area contributed by atoms with Crippen LogP contribution >= 0.6 is 0 Å². The lowest BCUT2D eigenvalue weighted by Gasteiger charge is -2.14. The van der Waals surface area contributed by atoms with E-state index in [1.807, 2.05) is 0 Å². The van der Waals surface area contributed by atoms with E-state index in [-0.39, 0.29) is 17.1 Å². The molecule has 134 valence electrons. The van der Waals surface area contributed by atoms with Crippen molar-refractivity contribution in [1.29, 1.82) is 0 Å². The summed E-state index contributed by atoms with van der Waals surface area (Å²) < 4.78 is 41.3. The van der Waals surface area contributed by atoms with Gasteiger partial charge in [0.25, 0.3) is 11.5 Å². The Morgan fingerprint density at radius 2 is 1.96 bits per heavy atom. The van der Waals surface area contributed by atoms with Crippen molar-refractivity contribution < 1.29 is 18.0 Å². The summed E-state index contributed by atoms with van der Waals surface area (Å²) in [5.74, 6) is -0.756. The molecule has 0 fully saturated rings. The van der Waals surface area contributed by atoms with Crippen LogP contribution in [0.2, 0.25) is 0 Å². The van der Waals surface area contributed by atoms with Crippen LogP contribution in [-0.4, -0.2) is 25.5 Å². The van der Waals surface area contributed by atoms with E-state index in [1.165, 1.54) is 36.3 Å². The second-order valence-corrected chi connectivity index (χ2v) is 5.31. The Morgan fingerprint density at radius 1 is 1.19 bits per heavy atom. The summed E-state index contributed by atoms with van der Waals surface area (Å²) in [6, 6.07) is 6.85. The maximum Gasteiger partial charge on any atom is 0.416 e. The monoisotopic (exact) mass is 363 g/mol. The molecule has 2 aromatic heterocycles. The number of anilines is 1. The van der Waals surface area contributed by atoms with Crippen molar-refractivity contribution in [1.82, 2.24) is 19.6 Å². The third kappa shape index (κ3) is 3.48. The van der Waals surface area contributed by atoms with E-state index in [0.29, 0.717) is 0 Å². The molecule has 0 saturated heterocycles. The number of benzene rings is 1. The minimum Gasteiger partial charge on any atom is -0.319 e. The predicted molar refractivity (Wildman–Crippen MR) is 86.0 cm³/mol. The van der Waals surface area contributed by atoms with Crippen LogP contribution in [0.3, 0.4) is 0 Å². The predicted octanol–water partition coefficient (Wildman–Crippen LogP) is 2.24. The molecule has 26 heavy (non-hydrogen) atoms. The van der Waals surface area contributed by atoms with Gasteiger partial charge in [0.15, 0.2) is 0 Å². The lowest BCUT2D eigenvalue weighted by molar-refractivity contribution is -0.137. The number of halogens is 3. The van der Waals surface area contributed by atoms with Crippen molar-refractivity contribution in [2.45, 2.75) is 6.18 Å². The summed E-state index contributed by atoms with van der Waals surface area (Å²) in [5, 5.41) is 10.1. The summed E-state index contributed by atoms with van der Waals surface area (Å²) in [6.07, 6.45) is -1.59. The molecule has 0 unspecified atom stereocenters. The first-order valence-corrected chi connectivity index (χ1v) is 7.33. The lowest BCUT2D eigenvalue weighted by atomic mass is 10.1. The van der Waals surface area contributed by atoms with E-state index in [2.05, 4.69) is 15.5 Å². The SMILES string of the molecule is Cn1nc(C(=O)Nc2cc(C(F)(F)F)ccc2-n2cccn2)ccc1=O. The molecule has 7 nitrogen and oxygen atoms in total. The molecule has 3 aromatic rings. The molecule has 0 aliphatic heterocycles. The van der Waals surface area contributed by atoms with Gasteiger partial charge in [-0.2, -0.15) is 23.4 Å². The van der Waals surface area contributed by atoms with E-state index in [9.17, 15) is 22.8 Å². The minimum atomic E-state index is -4.57. The standard InChI is InChI=1S/C16H12F3N5O2/c1-23-14(25)6-4-11(22-23)15(26)21-12-9-10(16(17,18)19)3-5-13(12)24-8-2-7-20-24/h2-9H,1H3,(H,21,26). The summed E-state index contributed by atoms with van der Waals surface area (Å²) in [7, 11) is 1.36. The highest BCUT2D eigenvalue weighted by Crippen LogP contribution is 2.33. The molecule has 1 N–H and O–H groups in total. The van der Waals surface area contributed by atoms with Gasteiger partial charge in [0.2, 0.25) is 0 Å². The number of nitrogens with one attached hydrogen (secondary N) is 1. The quantitative estimate of drug-likeness (QED) is 0.774. The Kier molecular flexibility index (Phi) is 4.33. The van der Waals surface area contributed by atoms with E-state index in [1.54, 1.807) is 6.07 Å². The van der Waals surface area contributed by atoms with E-state index >= 15 is 0 Å². The highest BCUT2D eigenvalue weighted by molar-refractivity contribution is 6.03. The number of nitrogens with zero attached hydrogens (tertiary/aromatic N) is 4. The zero-order valence-electron chi connectivity index (χ0n) is 13.4. The Bertz CT molecular complexity index is 1010. The van der Waals surface area contributed by atoms with Gasteiger partial charge in [-0.1, -0.05) is 0 Å². The molecule has 0 radical (unpaired) electrons. The molecule has 2 heterocycles. The van der Waals surface area contributed by atoms with Gasteiger partial charge in [-0.25, -0.2) is 9.36 Å². The summed E-state index contributed by atoms with van der Waals surface area (Å²) in [5.41, 5.74) is -1.30. The first-order valence-electron chi connectivity index (χ1n) is 7.33. The summed E-state index contributed by atoms with van der Waals surface area (Å²) in [4.78, 5) is 23.7. The van der Waals surface area contributed by atoms with Crippen molar-refractivity contribution in [3.8, 4) is 5.69 Å². The maximum absolute atomic E-state index is 13.0. The largest absolute Gasteiger partial charge is 0.416 e. The molecule has 10 heteroatoms. The number of rotatable bonds is 3. The molecule has 3 rings (SSSR count). The zero-order chi connectivity index (χ0) is 18.9. The van der Waals surface area contributed by atoms with Crippen molar-refractivity contribution >= 4 is 11.6 Å². The number of hydrogen-bond acceptors (Lipinski definition) is 4. The van der Waals surface area contributed by atoms with Crippen LogP contribution in [0.5, 0.6) is 0 Å². The number of carbonyl (C=O) groups is 1. The Morgan fingerprint density at radius 3 is 2.58 bits per heavy atom. The molecular formula is C16H12F3N5O2. The van der Waals surface area contributed by atoms with Crippen LogP contribution in [0.15, 0.2) is 53.6 Å². The van der Waals surface area contributed by atoms with Crippen LogP contribution < -0.4 is 10.9 Å². The van der Waals surface area contributed by atoms with Crippen LogP contribution in [0.1, 0.15) is 16.1 Å². The van der Waals surface area contributed by atoms with Crippen LogP contribution in [0.4, 0.5) is 18.9 Å². The second-order valence-electron chi connectivity index (χ2n) is 5.31. The summed E-state index contributed by atoms with van der Waals surface area (Å²) >= 11 is 0. The molecule has 0 aliphatic rings. The van der Waals surface area contributed by atoms with E-state index in [0.717, 1.165) is 22.9 Å². The summed E-state index contributed by atoms with van der Waals surface area (Å²) in [6.45, 7) is 0. The normalized spacial score (nSPS) is 11.4. The molecule has 0 spiro atoms.